The van der Waals surface area contributed by atoms with Gasteiger partial charge in [0.2, 0.25) is 0 Å². The van der Waals surface area contributed by atoms with Gasteiger partial charge in [-0.05, 0) is 73.7 Å². The molecule has 2 fully saturated rings. The molecular weight excluding hydrogens is 571 g/mol. The fraction of sp³-hybridized carbons (Fsp3) is 0.595. The molecule has 1 saturated carbocycles. The summed E-state index contributed by atoms with van der Waals surface area (Å²) in [5.41, 5.74) is 0. The van der Waals surface area contributed by atoms with Crippen LogP contribution in [0, 0.1) is 11.8 Å². The number of ether oxygens (including phenoxy) is 3. The molecule has 2 aromatic carbocycles. The van der Waals surface area contributed by atoms with E-state index in [-0.39, 0.29) is 41.3 Å². The fourth-order valence-corrected chi connectivity index (χ4v) is 11.5. The number of benzene rings is 2. The second kappa shape index (κ2) is 16.3. The number of esters is 1. The molecule has 1 unspecified atom stereocenters. The summed E-state index contributed by atoms with van der Waals surface area (Å²) in [5.74, 6) is -0.488. The molecular formula is C37H53FO5Si. The molecule has 5 atom stereocenters. The molecule has 0 spiro atoms. The van der Waals surface area contributed by atoms with Crippen LogP contribution in [0.5, 0.6) is 0 Å². The van der Waals surface area contributed by atoms with Crippen molar-refractivity contribution in [3.8, 4) is 0 Å². The Hall–Kier alpha value is -2.32. The molecule has 1 saturated heterocycles. The topological polar surface area (TPSA) is 54.0 Å². The van der Waals surface area contributed by atoms with Gasteiger partial charge in [0.25, 0.3) is 8.32 Å². The number of carbonyl (C=O) groups excluding carboxylic acids is 1. The van der Waals surface area contributed by atoms with Crippen molar-refractivity contribution in [1.29, 1.82) is 0 Å². The van der Waals surface area contributed by atoms with E-state index < -0.39 is 14.5 Å². The standard InChI is InChI=1S/C37H53FO5Si/c1-28(2)42-35(39)23-15-7-6-14-22-31-32(33(38)26-34(31)43-36-24-16-17-25-40-36)27-41-44(37(3,4)5,29-18-10-8-11-19-29)30-20-12-9-13-21-30/h6,8-14,18-21,28,31-34,36H,7,15-17,22-27H2,1-5H3/t31-,32-,33+,34-,36?/m1/s1. The lowest BCUT2D eigenvalue weighted by molar-refractivity contribution is -0.196. The quantitative estimate of drug-likeness (QED) is 0.0942. The van der Waals surface area contributed by atoms with E-state index in [1.54, 1.807) is 0 Å². The minimum absolute atomic E-state index is 0.0316. The highest BCUT2D eigenvalue weighted by Crippen LogP contribution is 2.43. The monoisotopic (exact) mass is 624 g/mol. The summed E-state index contributed by atoms with van der Waals surface area (Å²) in [6.45, 7) is 11.5. The number of allylic oxidation sites excluding steroid dienone is 2. The Kier molecular flexibility index (Phi) is 12.8. The van der Waals surface area contributed by atoms with E-state index in [9.17, 15) is 4.79 Å². The van der Waals surface area contributed by atoms with Gasteiger partial charge in [-0.25, -0.2) is 4.39 Å². The summed E-state index contributed by atoms with van der Waals surface area (Å²) in [7, 11) is -2.81. The Morgan fingerprint density at radius 2 is 1.66 bits per heavy atom. The van der Waals surface area contributed by atoms with E-state index in [1.807, 2.05) is 26.0 Å². The molecule has 1 heterocycles. The number of carbonyl (C=O) groups is 1. The van der Waals surface area contributed by atoms with E-state index in [0.717, 1.165) is 32.1 Å². The van der Waals surface area contributed by atoms with Crippen LogP contribution in [-0.4, -0.2) is 52.2 Å². The molecule has 2 aromatic rings. The van der Waals surface area contributed by atoms with Crippen LogP contribution in [0.25, 0.3) is 0 Å². The van der Waals surface area contributed by atoms with Crippen LogP contribution in [0.1, 0.15) is 86.0 Å². The minimum atomic E-state index is -2.81. The van der Waals surface area contributed by atoms with Gasteiger partial charge in [0, 0.05) is 32.0 Å². The SMILES string of the molecule is CC(C)OC(=O)CCCC=CC[C@@H]1[C@@H](CO[Si](c2ccccc2)(c2ccccc2)C(C)(C)C)[C@@H](F)C[C@H]1OC1CCCCO1. The van der Waals surface area contributed by atoms with Gasteiger partial charge in [-0.1, -0.05) is 93.6 Å². The van der Waals surface area contributed by atoms with E-state index in [0.29, 0.717) is 32.5 Å². The second-order valence-electron chi connectivity index (χ2n) is 13.7. The molecule has 1 aliphatic heterocycles. The van der Waals surface area contributed by atoms with E-state index in [1.165, 1.54) is 10.4 Å². The third-order valence-corrected chi connectivity index (χ3v) is 14.0. The van der Waals surface area contributed by atoms with E-state index in [4.69, 9.17) is 18.6 Å². The zero-order valence-electron chi connectivity index (χ0n) is 27.4. The second-order valence-corrected chi connectivity index (χ2v) is 18.0. The maximum atomic E-state index is 16.1. The van der Waals surface area contributed by atoms with Crippen molar-refractivity contribution in [2.24, 2.45) is 11.8 Å². The first-order chi connectivity index (χ1) is 21.1. The maximum Gasteiger partial charge on any atom is 0.306 e. The Morgan fingerprint density at radius 3 is 2.23 bits per heavy atom. The summed E-state index contributed by atoms with van der Waals surface area (Å²) < 4.78 is 40.9. The Labute approximate surface area is 265 Å². The Morgan fingerprint density at radius 1 is 1.00 bits per heavy atom. The van der Waals surface area contributed by atoms with E-state index in [2.05, 4.69) is 81.5 Å². The zero-order valence-corrected chi connectivity index (χ0v) is 28.4. The minimum Gasteiger partial charge on any atom is -0.463 e. The van der Waals surface area contributed by atoms with Gasteiger partial charge in [0.05, 0.1) is 12.2 Å². The lowest BCUT2D eigenvalue weighted by Crippen LogP contribution is -2.67. The van der Waals surface area contributed by atoms with Gasteiger partial charge in [-0.15, -0.1) is 0 Å². The normalized spacial score (nSPS) is 24.7. The maximum absolute atomic E-state index is 16.1. The predicted molar refractivity (Wildman–Crippen MR) is 177 cm³/mol. The third-order valence-electron chi connectivity index (χ3n) is 9.02. The number of alkyl halides is 1. The fourth-order valence-electron chi connectivity index (χ4n) is 6.88. The van der Waals surface area contributed by atoms with Crippen molar-refractivity contribution in [1.82, 2.24) is 0 Å². The van der Waals surface area contributed by atoms with Crippen LogP contribution in [0.4, 0.5) is 4.39 Å². The van der Waals surface area contributed by atoms with E-state index >= 15 is 4.39 Å². The van der Waals surface area contributed by atoms with Crippen molar-refractivity contribution in [3.05, 3.63) is 72.8 Å². The van der Waals surface area contributed by atoms with Gasteiger partial charge in [0.15, 0.2) is 6.29 Å². The van der Waals surface area contributed by atoms with Gasteiger partial charge in [0.1, 0.15) is 6.17 Å². The van der Waals surface area contributed by atoms with Crippen molar-refractivity contribution in [2.75, 3.05) is 13.2 Å². The zero-order chi connectivity index (χ0) is 31.6. The van der Waals surface area contributed by atoms with Crippen LogP contribution in [0.2, 0.25) is 5.04 Å². The van der Waals surface area contributed by atoms with Crippen molar-refractivity contribution in [3.63, 3.8) is 0 Å². The molecule has 0 amide bonds. The molecule has 0 N–H and O–H groups in total. The van der Waals surface area contributed by atoms with Crippen LogP contribution in [-0.2, 0) is 23.4 Å². The molecule has 4 rings (SSSR count). The smallest absolute Gasteiger partial charge is 0.306 e. The Bertz CT molecular complexity index is 1120. The molecule has 2 aliphatic rings. The lowest BCUT2D eigenvalue weighted by atomic mass is 9.91. The Balaban J connectivity index is 1.54. The molecule has 0 bridgehead atoms. The van der Waals surface area contributed by atoms with Crippen LogP contribution in [0.15, 0.2) is 72.8 Å². The first-order valence-electron chi connectivity index (χ1n) is 16.6. The van der Waals surface area contributed by atoms with Gasteiger partial charge < -0.3 is 18.6 Å². The lowest BCUT2D eigenvalue weighted by Gasteiger charge is -2.44. The largest absolute Gasteiger partial charge is 0.463 e. The molecule has 0 aromatic heterocycles. The number of unbranched alkanes of at least 4 members (excludes halogenated alkanes) is 1. The van der Waals surface area contributed by atoms with Crippen molar-refractivity contribution >= 4 is 24.7 Å². The first-order valence-corrected chi connectivity index (χ1v) is 18.5. The van der Waals surface area contributed by atoms with Gasteiger partial charge in [-0.2, -0.15) is 0 Å². The van der Waals surface area contributed by atoms with Crippen molar-refractivity contribution in [2.45, 2.75) is 116 Å². The number of halogens is 1. The van der Waals surface area contributed by atoms with Crippen LogP contribution in [0.3, 0.4) is 0 Å². The number of hydrogen-bond acceptors (Lipinski definition) is 5. The highest BCUT2D eigenvalue weighted by molar-refractivity contribution is 6.99. The van der Waals surface area contributed by atoms with Crippen molar-refractivity contribution < 1.29 is 27.8 Å². The molecule has 5 nitrogen and oxygen atoms in total. The number of rotatable bonds is 14. The highest BCUT2D eigenvalue weighted by Gasteiger charge is 2.52. The molecule has 0 radical (unpaired) electrons. The summed E-state index contributed by atoms with van der Waals surface area (Å²) >= 11 is 0. The average molecular weight is 625 g/mol. The van der Waals surface area contributed by atoms with Gasteiger partial charge in [-0.3, -0.25) is 4.79 Å². The molecule has 242 valence electrons. The summed E-state index contributed by atoms with van der Waals surface area (Å²) in [6, 6.07) is 21.1. The number of hydrogen-bond donors (Lipinski definition) is 0. The first kappa shape index (κ1) is 34.5. The molecule has 1 aliphatic carbocycles. The van der Waals surface area contributed by atoms with Gasteiger partial charge >= 0.3 is 5.97 Å². The average Bonchev–Trinajstić information content (AvgIpc) is 3.28. The van der Waals surface area contributed by atoms with Crippen LogP contribution >= 0.6 is 0 Å². The summed E-state index contributed by atoms with van der Waals surface area (Å²) in [6.07, 6.45) is 8.57. The van der Waals surface area contributed by atoms with Crippen LogP contribution < -0.4 is 10.4 Å². The highest BCUT2D eigenvalue weighted by atomic mass is 28.4. The third kappa shape index (κ3) is 8.90. The predicted octanol–water partition coefficient (Wildman–Crippen LogP) is 7.52. The molecule has 44 heavy (non-hydrogen) atoms. The molecule has 7 heteroatoms. The summed E-state index contributed by atoms with van der Waals surface area (Å²) in [4.78, 5) is 11.9. The summed E-state index contributed by atoms with van der Waals surface area (Å²) in [5, 5.41) is 2.21.